The first kappa shape index (κ1) is 10.5. The molecule has 1 aromatic carbocycles. The number of thioether (sulfide) groups is 1. The van der Waals surface area contributed by atoms with Gasteiger partial charge in [0.2, 0.25) is 0 Å². The Hall–Kier alpha value is -0.0600. The van der Waals surface area contributed by atoms with Crippen LogP contribution in [0.3, 0.4) is 0 Å². The van der Waals surface area contributed by atoms with Crippen molar-refractivity contribution in [2.24, 2.45) is 0 Å². The lowest BCUT2D eigenvalue weighted by Gasteiger charge is -1.94. The molecule has 0 aliphatic rings. The topological polar surface area (TPSA) is 0 Å². The van der Waals surface area contributed by atoms with Gasteiger partial charge in [0.05, 0.1) is 4.21 Å². The van der Waals surface area contributed by atoms with E-state index in [1.54, 1.807) is 0 Å². The van der Waals surface area contributed by atoms with E-state index in [2.05, 4.69) is 15.9 Å². The Bertz CT molecular complexity index is 464. The van der Waals surface area contributed by atoms with E-state index in [-0.39, 0.29) is 5.82 Å². The van der Waals surface area contributed by atoms with Gasteiger partial charge in [0.1, 0.15) is 0 Å². The Morgan fingerprint density at radius 1 is 1.50 bits per heavy atom. The molecule has 0 saturated carbocycles. The van der Waals surface area contributed by atoms with Crippen LogP contribution in [-0.2, 0) is 5.33 Å². The lowest BCUT2D eigenvalue weighted by Crippen LogP contribution is -1.77. The van der Waals surface area contributed by atoms with Gasteiger partial charge in [0, 0.05) is 15.4 Å². The summed E-state index contributed by atoms with van der Waals surface area (Å²) in [6, 6.07) is 5.92. The molecule has 2 aromatic rings. The Morgan fingerprint density at radius 2 is 2.29 bits per heavy atom. The average molecular weight is 291 g/mol. The Kier molecular flexibility index (Phi) is 3.14. The maximum absolute atomic E-state index is 13.7. The number of benzene rings is 1. The molecule has 0 aliphatic heterocycles. The highest BCUT2D eigenvalue weighted by Gasteiger charge is 2.10. The van der Waals surface area contributed by atoms with Crippen molar-refractivity contribution in [1.82, 2.24) is 0 Å². The van der Waals surface area contributed by atoms with Crippen LogP contribution in [0.5, 0.6) is 0 Å². The van der Waals surface area contributed by atoms with Crippen LogP contribution in [0.2, 0.25) is 0 Å². The predicted molar refractivity (Wildman–Crippen MR) is 66.2 cm³/mol. The molecule has 1 heterocycles. The second-order valence-corrected chi connectivity index (χ2v) is 5.56. The van der Waals surface area contributed by atoms with E-state index in [4.69, 9.17) is 0 Å². The summed E-state index contributed by atoms with van der Waals surface area (Å²) in [5.41, 5.74) is 1.11. The maximum atomic E-state index is 13.7. The summed E-state index contributed by atoms with van der Waals surface area (Å²) in [5, 5.41) is 1.52. The highest BCUT2D eigenvalue weighted by Crippen LogP contribution is 2.36. The largest absolute Gasteiger partial charge is 0.204 e. The molecular formula is C10H8BrFS2. The first-order valence-corrected chi connectivity index (χ1v) is 7.23. The van der Waals surface area contributed by atoms with E-state index in [1.807, 2.05) is 24.5 Å². The standard InChI is InChI=1S/C10H8BrFS2/c1-13-10-9(12)7-4-6(5-11)2-3-8(7)14-10/h2-4H,5H2,1H3. The Morgan fingerprint density at radius 3 is 2.93 bits per heavy atom. The molecule has 14 heavy (non-hydrogen) atoms. The van der Waals surface area contributed by atoms with Crippen molar-refractivity contribution in [1.29, 1.82) is 0 Å². The van der Waals surface area contributed by atoms with E-state index in [1.165, 1.54) is 23.1 Å². The summed E-state index contributed by atoms with van der Waals surface area (Å²) < 4.78 is 15.5. The molecule has 0 N–H and O–H groups in total. The molecule has 1 aromatic heterocycles. The fourth-order valence-corrected chi connectivity index (χ4v) is 3.34. The van der Waals surface area contributed by atoms with E-state index in [9.17, 15) is 4.39 Å². The van der Waals surface area contributed by atoms with Gasteiger partial charge in [-0.3, -0.25) is 0 Å². The van der Waals surface area contributed by atoms with Crippen LogP contribution < -0.4 is 0 Å². The van der Waals surface area contributed by atoms with Gasteiger partial charge in [-0.05, 0) is 24.0 Å². The third kappa shape index (κ3) is 1.71. The predicted octanol–water partition coefficient (Wildman–Crippen LogP) is 4.66. The minimum absolute atomic E-state index is 0.0692. The van der Waals surface area contributed by atoms with Gasteiger partial charge in [-0.2, -0.15) is 0 Å². The lowest BCUT2D eigenvalue weighted by atomic mass is 10.2. The Labute approximate surface area is 98.6 Å². The highest BCUT2D eigenvalue weighted by atomic mass is 79.9. The van der Waals surface area contributed by atoms with Gasteiger partial charge in [0.25, 0.3) is 0 Å². The number of rotatable bonds is 2. The number of hydrogen-bond acceptors (Lipinski definition) is 2. The van der Waals surface area contributed by atoms with Gasteiger partial charge >= 0.3 is 0 Å². The van der Waals surface area contributed by atoms with Crippen molar-refractivity contribution in [2.75, 3.05) is 6.26 Å². The summed E-state index contributed by atoms with van der Waals surface area (Å²) >= 11 is 6.35. The van der Waals surface area contributed by atoms with Crippen LogP contribution in [0, 0.1) is 5.82 Å². The molecule has 0 bridgehead atoms. The zero-order valence-electron chi connectivity index (χ0n) is 7.51. The van der Waals surface area contributed by atoms with Crippen molar-refractivity contribution in [3.05, 3.63) is 29.6 Å². The van der Waals surface area contributed by atoms with Crippen molar-refractivity contribution in [2.45, 2.75) is 9.54 Å². The molecule has 74 valence electrons. The monoisotopic (exact) mass is 290 g/mol. The lowest BCUT2D eigenvalue weighted by molar-refractivity contribution is 0.623. The fraction of sp³-hybridized carbons (Fsp3) is 0.200. The van der Waals surface area contributed by atoms with E-state index >= 15 is 0 Å². The molecule has 0 fully saturated rings. The van der Waals surface area contributed by atoms with Crippen LogP contribution in [0.25, 0.3) is 10.1 Å². The summed E-state index contributed by atoms with van der Waals surface area (Å²) in [6.07, 6.45) is 1.90. The first-order chi connectivity index (χ1) is 6.76. The molecule has 0 unspecified atom stereocenters. The van der Waals surface area contributed by atoms with E-state index in [0.717, 1.165) is 25.2 Å². The molecule has 0 spiro atoms. The second-order valence-electron chi connectivity index (χ2n) is 2.87. The molecule has 0 nitrogen and oxygen atoms in total. The fourth-order valence-electron chi connectivity index (χ4n) is 1.31. The summed E-state index contributed by atoms with van der Waals surface area (Å²) in [5.74, 6) is -0.0692. The number of hydrogen-bond donors (Lipinski definition) is 0. The third-order valence-corrected chi connectivity index (χ3v) is 4.89. The van der Waals surface area contributed by atoms with Crippen molar-refractivity contribution in [3.8, 4) is 0 Å². The van der Waals surface area contributed by atoms with E-state index < -0.39 is 0 Å². The molecular weight excluding hydrogens is 283 g/mol. The Balaban J connectivity index is 2.68. The number of thiophene rings is 1. The molecule has 0 amide bonds. The van der Waals surface area contributed by atoms with E-state index in [0.29, 0.717) is 0 Å². The van der Waals surface area contributed by atoms with Crippen molar-refractivity contribution >= 4 is 49.1 Å². The van der Waals surface area contributed by atoms with Gasteiger partial charge in [-0.25, -0.2) is 4.39 Å². The molecule has 0 radical (unpaired) electrons. The molecule has 4 heteroatoms. The smallest absolute Gasteiger partial charge is 0.155 e. The quantitative estimate of drug-likeness (QED) is 0.573. The summed E-state index contributed by atoms with van der Waals surface area (Å²) in [6.45, 7) is 0. The number of halogens is 2. The SMILES string of the molecule is CSc1sc2ccc(CBr)cc2c1F. The molecule has 2 rings (SSSR count). The molecule has 0 aliphatic carbocycles. The normalized spacial score (nSPS) is 11.1. The van der Waals surface area contributed by atoms with Crippen LogP contribution in [0.15, 0.2) is 22.4 Å². The van der Waals surface area contributed by atoms with Crippen LogP contribution in [-0.4, -0.2) is 6.26 Å². The van der Waals surface area contributed by atoms with Crippen molar-refractivity contribution < 1.29 is 4.39 Å². The van der Waals surface area contributed by atoms with Crippen LogP contribution in [0.1, 0.15) is 5.56 Å². The summed E-state index contributed by atoms with van der Waals surface area (Å²) in [7, 11) is 0. The second kappa shape index (κ2) is 4.21. The zero-order chi connectivity index (χ0) is 10.1. The van der Waals surface area contributed by atoms with Gasteiger partial charge < -0.3 is 0 Å². The van der Waals surface area contributed by atoms with Crippen LogP contribution in [0.4, 0.5) is 4.39 Å². The van der Waals surface area contributed by atoms with Gasteiger partial charge in [-0.15, -0.1) is 23.1 Å². The number of fused-ring (bicyclic) bond motifs is 1. The minimum Gasteiger partial charge on any atom is -0.204 e. The minimum atomic E-state index is -0.0692. The number of alkyl halides is 1. The highest BCUT2D eigenvalue weighted by molar-refractivity contribution is 9.08. The molecule has 0 saturated heterocycles. The maximum Gasteiger partial charge on any atom is 0.155 e. The first-order valence-electron chi connectivity index (χ1n) is 4.07. The molecule has 0 atom stereocenters. The summed E-state index contributed by atoms with van der Waals surface area (Å²) in [4.78, 5) is 0. The zero-order valence-corrected chi connectivity index (χ0v) is 10.7. The average Bonchev–Trinajstić information content (AvgIpc) is 2.55. The van der Waals surface area contributed by atoms with Crippen LogP contribution >= 0.6 is 39.0 Å². The third-order valence-electron chi connectivity index (χ3n) is 2.00. The van der Waals surface area contributed by atoms with Gasteiger partial charge in [-0.1, -0.05) is 22.0 Å². The van der Waals surface area contributed by atoms with Crippen molar-refractivity contribution in [3.63, 3.8) is 0 Å². The van der Waals surface area contributed by atoms with Gasteiger partial charge in [0.15, 0.2) is 5.82 Å².